The summed E-state index contributed by atoms with van der Waals surface area (Å²) in [7, 11) is 0. The van der Waals surface area contributed by atoms with Gasteiger partial charge in [-0.05, 0) is 118 Å². The van der Waals surface area contributed by atoms with Gasteiger partial charge in [0.15, 0.2) is 0 Å². The van der Waals surface area contributed by atoms with E-state index in [4.69, 9.17) is 12.8 Å². The van der Waals surface area contributed by atoms with Crippen LogP contribution < -0.4 is 0 Å². The van der Waals surface area contributed by atoms with Crippen LogP contribution in [0.15, 0.2) is 60.7 Å². The summed E-state index contributed by atoms with van der Waals surface area (Å²) in [5.74, 6) is 38.3. The summed E-state index contributed by atoms with van der Waals surface area (Å²) in [6, 6.07) is 21.2. The fourth-order valence-corrected chi connectivity index (χ4v) is 4.97. The Balaban J connectivity index is 1.85. The fourth-order valence-electron chi connectivity index (χ4n) is 4.97. The lowest BCUT2D eigenvalue weighted by molar-refractivity contribution is 0.824. The molecule has 0 spiro atoms. The predicted molar refractivity (Wildman–Crippen MR) is 156 cm³/mol. The number of hydrogen-bond acceptors (Lipinski definition) is 0. The topological polar surface area (TPSA) is 4.93 Å². The second-order valence-electron chi connectivity index (χ2n) is 8.26. The first kappa shape index (κ1) is 23.7. The van der Waals surface area contributed by atoms with Crippen LogP contribution in [0.5, 0.6) is 0 Å². The molecule has 3 aromatic carbocycles. The molecule has 0 radical (unpaired) electrons. The second kappa shape index (κ2) is 10.3. The molecule has 0 amide bonds. The molecule has 0 bridgehead atoms. The normalized spacial score (nSPS) is 10.8. The first-order valence-corrected chi connectivity index (χ1v) is 11.9. The molecule has 5 rings (SSSR count). The van der Waals surface area contributed by atoms with Gasteiger partial charge in [-0.1, -0.05) is 54.3 Å². The van der Waals surface area contributed by atoms with Gasteiger partial charge >= 0.3 is 0 Å². The summed E-state index contributed by atoms with van der Waals surface area (Å²) >= 11 is 0. The maximum absolute atomic E-state index is 5.18. The smallest absolute Gasteiger partial charge is 0.145 e. The number of fused-ring (bicyclic) bond motifs is 6. The van der Waals surface area contributed by atoms with E-state index in [1.165, 1.54) is 16.3 Å². The molecule has 0 saturated carbocycles. The second-order valence-corrected chi connectivity index (χ2v) is 8.26. The summed E-state index contributed by atoms with van der Waals surface area (Å²) in [5.41, 5.74) is 5.54. The zero-order valence-corrected chi connectivity index (χ0v) is 20.6. The number of hydrogen-bond donors (Lipinski definition) is 0. The van der Waals surface area contributed by atoms with Crippen molar-refractivity contribution in [3.8, 4) is 107 Å². The molecular formula is C37H17N. The molecule has 0 N–H and O–H groups in total. The van der Waals surface area contributed by atoms with Gasteiger partial charge in [-0.2, -0.15) is 0 Å². The van der Waals surface area contributed by atoms with Crippen molar-refractivity contribution in [2.45, 2.75) is 18.9 Å². The number of rotatable bonds is 1. The van der Waals surface area contributed by atoms with Crippen molar-refractivity contribution < 1.29 is 0 Å². The molecule has 170 valence electrons. The van der Waals surface area contributed by atoms with E-state index < -0.39 is 5.41 Å². The molecule has 0 atom stereocenters. The number of para-hydroxylation sites is 1. The van der Waals surface area contributed by atoms with Crippen LogP contribution in [0, 0.1) is 95.7 Å². The van der Waals surface area contributed by atoms with Crippen LogP contribution in [0.4, 0.5) is 0 Å². The highest BCUT2D eigenvalue weighted by molar-refractivity contribution is 6.11. The van der Waals surface area contributed by atoms with Gasteiger partial charge in [0.1, 0.15) is 5.41 Å². The van der Waals surface area contributed by atoms with Gasteiger partial charge in [0, 0.05) is 28.4 Å². The number of nitrogens with zero attached hydrogens (tertiary/aromatic N) is 1. The Bertz CT molecular complexity index is 2050. The number of aromatic nitrogens is 1. The van der Waals surface area contributed by atoms with E-state index in [0.717, 1.165) is 34.3 Å². The molecule has 0 aliphatic heterocycles. The van der Waals surface area contributed by atoms with E-state index in [9.17, 15) is 0 Å². The van der Waals surface area contributed by atoms with Crippen LogP contribution in [-0.4, -0.2) is 4.57 Å². The maximum atomic E-state index is 5.18. The standard InChI is InChI=1S/C37H17N/c1-4-7-9-11-13-19-25-37(26-20-14-12-10-8-5-2)33-23-17-15-21-29(33)31-27-32-30-22-16-18-24-35(30)38(6-3)36(32)28-34(31)37/h1-2,15-18,21-24,27-28H,6H2,3H3. The van der Waals surface area contributed by atoms with Crippen LogP contribution in [-0.2, 0) is 12.0 Å². The molecule has 1 aliphatic carbocycles. The van der Waals surface area contributed by atoms with Crippen molar-refractivity contribution in [3.05, 3.63) is 71.8 Å². The number of aryl methyl sites for hydroxylation is 1. The molecule has 1 aliphatic rings. The molecule has 0 fully saturated rings. The predicted octanol–water partition coefficient (Wildman–Crippen LogP) is 5.37. The molecule has 38 heavy (non-hydrogen) atoms. The van der Waals surface area contributed by atoms with Crippen LogP contribution >= 0.6 is 0 Å². The largest absolute Gasteiger partial charge is 0.341 e. The molecule has 0 unspecified atom stereocenters. The van der Waals surface area contributed by atoms with E-state index in [0.29, 0.717) is 0 Å². The molecule has 0 saturated heterocycles. The van der Waals surface area contributed by atoms with Gasteiger partial charge in [0.05, 0.1) is 0 Å². The highest BCUT2D eigenvalue weighted by Gasteiger charge is 2.41. The lowest BCUT2D eigenvalue weighted by Gasteiger charge is -2.19. The Kier molecular flexibility index (Phi) is 6.40. The van der Waals surface area contributed by atoms with Crippen molar-refractivity contribution in [1.82, 2.24) is 4.57 Å². The van der Waals surface area contributed by atoms with Crippen molar-refractivity contribution in [3.63, 3.8) is 0 Å². The van der Waals surface area contributed by atoms with E-state index in [2.05, 4.69) is 143 Å². The summed E-state index contributed by atoms with van der Waals surface area (Å²) in [5, 5.41) is 2.41. The number of benzene rings is 3. The van der Waals surface area contributed by atoms with Crippen LogP contribution in [0.3, 0.4) is 0 Å². The monoisotopic (exact) mass is 475 g/mol. The van der Waals surface area contributed by atoms with Gasteiger partial charge in [-0.15, -0.1) is 12.8 Å². The van der Waals surface area contributed by atoms with Crippen molar-refractivity contribution in [1.29, 1.82) is 0 Å². The Labute approximate surface area is 223 Å². The van der Waals surface area contributed by atoms with Gasteiger partial charge in [-0.3, -0.25) is 0 Å². The van der Waals surface area contributed by atoms with E-state index in [-0.39, 0.29) is 0 Å². The highest BCUT2D eigenvalue weighted by Crippen LogP contribution is 2.50. The Morgan fingerprint density at radius 1 is 0.605 bits per heavy atom. The molecule has 1 heteroatoms. The Hall–Kier alpha value is -6.06. The van der Waals surface area contributed by atoms with Crippen LogP contribution in [0.2, 0.25) is 0 Å². The van der Waals surface area contributed by atoms with Gasteiger partial charge in [0.2, 0.25) is 0 Å². The lowest BCUT2D eigenvalue weighted by Crippen LogP contribution is -2.21. The molecule has 1 heterocycles. The summed E-state index contributed by atoms with van der Waals surface area (Å²) in [6.45, 7) is 2.99. The minimum absolute atomic E-state index is 0.832. The van der Waals surface area contributed by atoms with Crippen molar-refractivity contribution in [2.24, 2.45) is 0 Å². The van der Waals surface area contributed by atoms with Gasteiger partial charge in [-0.25, -0.2) is 0 Å². The maximum Gasteiger partial charge on any atom is 0.145 e. The molecule has 4 aromatic rings. The summed E-state index contributed by atoms with van der Waals surface area (Å²) in [6.07, 6.45) is 10.4. The third kappa shape index (κ3) is 3.92. The lowest BCUT2D eigenvalue weighted by atomic mass is 9.79. The summed E-state index contributed by atoms with van der Waals surface area (Å²) < 4.78 is 2.32. The molecule has 1 aromatic heterocycles. The third-order valence-corrected chi connectivity index (χ3v) is 6.40. The first-order valence-electron chi connectivity index (χ1n) is 11.9. The first-order chi connectivity index (χ1) is 18.7. The zero-order chi connectivity index (χ0) is 26.4. The third-order valence-electron chi connectivity index (χ3n) is 6.40. The van der Waals surface area contributed by atoms with E-state index >= 15 is 0 Å². The van der Waals surface area contributed by atoms with Crippen LogP contribution in [0.1, 0.15) is 18.1 Å². The van der Waals surface area contributed by atoms with Gasteiger partial charge in [0.25, 0.3) is 0 Å². The van der Waals surface area contributed by atoms with Crippen LogP contribution in [0.25, 0.3) is 32.9 Å². The average molecular weight is 476 g/mol. The molecule has 1 nitrogen and oxygen atoms in total. The minimum atomic E-state index is -0.947. The average Bonchev–Trinajstić information content (AvgIpc) is 3.41. The Morgan fingerprint density at radius 3 is 1.89 bits per heavy atom. The van der Waals surface area contributed by atoms with Gasteiger partial charge < -0.3 is 4.57 Å². The zero-order valence-electron chi connectivity index (χ0n) is 20.6. The van der Waals surface area contributed by atoms with Crippen molar-refractivity contribution in [2.75, 3.05) is 0 Å². The highest BCUT2D eigenvalue weighted by atomic mass is 15.0. The Morgan fingerprint density at radius 2 is 1.21 bits per heavy atom. The van der Waals surface area contributed by atoms with E-state index in [1.807, 2.05) is 12.1 Å². The SMILES string of the molecule is C#CC#CC#CC#CC1(C#CC#CC#CC#C)c2ccccc2-c2cc3c4ccccc4n(CC)c3cc21. The quantitative estimate of drug-likeness (QED) is 0.327. The summed E-state index contributed by atoms with van der Waals surface area (Å²) in [4.78, 5) is 0. The minimum Gasteiger partial charge on any atom is -0.341 e. The van der Waals surface area contributed by atoms with Crippen molar-refractivity contribution >= 4 is 21.8 Å². The molecular weight excluding hydrogens is 458 g/mol. The van der Waals surface area contributed by atoms with E-state index in [1.54, 1.807) is 0 Å². The fraction of sp³-hybridized carbons (Fsp3) is 0.0811. The number of terminal acetylenes is 2.